The lowest BCUT2D eigenvalue weighted by molar-refractivity contribution is -0.143. The molecular formula is C18H30IN3O4. The number of hydrogen-bond donors (Lipinski definition) is 2. The predicted octanol–water partition coefficient (Wildman–Crippen LogP) is 2.37. The zero-order valence-electron chi connectivity index (χ0n) is 16.0. The van der Waals surface area contributed by atoms with E-state index in [2.05, 4.69) is 15.6 Å². The Kier molecular flexibility index (Phi) is 13.5. The number of aliphatic imine (C=N–C) groups is 1. The van der Waals surface area contributed by atoms with Gasteiger partial charge in [0.15, 0.2) is 17.5 Å². The Balaban J connectivity index is 0.00000625. The van der Waals surface area contributed by atoms with Crippen LogP contribution in [0.5, 0.6) is 11.5 Å². The van der Waals surface area contributed by atoms with Crippen LogP contribution in [0.3, 0.4) is 0 Å². The molecule has 0 unspecified atom stereocenters. The molecule has 148 valence electrons. The topological polar surface area (TPSA) is 81.2 Å². The Bertz CT molecular complexity index is 567. The van der Waals surface area contributed by atoms with Crippen LogP contribution in [0.4, 0.5) is 0 Å². The number of hydrogen-bond acceptors (Lipinski definition) is 5. The molecule has 8 heteroatoms. The first-order valence-electron chi connectivity index (χ1n) is 8.45. The van der Waals surface area contributed by atoms with Gasteiger partial charge in [0.25, 0.3) is 0 Å². The molecule has 2 N–H and O–H groups in total. The van der Waals surface area contributed by atoms with E-state index < -0.39 is 0 Å². The summed E-state index contributed by atoms with van der Waals surface area (Å²) in [4.78, 5) is 15.4. The van der Waals surface area contributed by atoms with E-state index in [-0.39, 0.29) is 29.9 Å². The predicted molar refractivity (Wildman–Crippen MR) is 114 cm³/mol. The van der Waals surface area contributed by atoms with Crippen molar-refractivity contribution in [2.45, 2.75) is 26.2 Å². The van der Waals surface area contributed by atoms with Gasteiger partial charge in [-0.3, -0.25) is 9.79 Å². The normalized spacial score (nSPS) is 10.5. The molecule has 0 atom stereocenters. The third kappa shape index (κ3) is 9.12. The van der Waals surface area contributed by atoms with Crippen molar-refractivity contribution in [2.75, 3.05) is 41.0 Å². The molecule has 0 heterocycles. The van der Waals surface area contributed by atoms with Crippen LogP contribution in [0.1, 0.15) is 25.3 Å². The zero-order chi connectivity index (χ0) is 18.5. The minimum absolute atomic E-state index is 0. The Labute approximate surface area is 172 Å². The third-order valence-electron chi connectivity index (χ3n) is 3.53. The number of ether oxygens (including phenoxy) is 3. The molecule has 1 rings (SSSR count). The van der Waals surface area contributed by atoms with Crippen LogP contribution < -0.4 is 20.1 Å². The van der Waals surface area contributed by atoms with E-state index in [0.29, 0.717) is 32.0 Å². The average molecular weight is 479 g/mol. The van der Waals surface area contributed by atoms with E-state index in [1.54, 1.807) is 28.2 Å². The second-order valence-corrected chi connectivity index (χ2v) is 5.27. The summed E-state index contributed by atoms with van der Waals surface area (Å²) in [6.07, 6.45) is 1.93. The van der Waals surface area contributed by atoms with Crippen molar-refractivity contribution < 1.29 is 19.0 Å². The Morgan fingerprint density at radius 3 is 2.42 bits per heavy atom. The van der Waals surface area contributed by atoms with Gasteiger partial charge in [0.1, 0.15) is 0 Å². The number of halogens is 1. The van der Waals surface area contributed by atoms with Crippen LogP contribution in [0.15, 0.2) is 23.2 Å². The molecule has 1 aromatic rings. The van der Waals surface area contributed by atoms with Gasteiger partial charge >= 0.3 is 5.97 Å². The summed E-state index contributed by atoms with van der Waals surface area (Å²) in [5, 5.41) is 6.43. The Morgan fingerprint density at radius 1 is 1.12 bits per heavy atom. The second kappa shape index (κ2) is 14.5. The number of rotatable bonds is 10. The molecule has 1 aromatic carbocycles. The largest absolute Gasteiger partial charge is 0.493 e. The molecule has 0 fully saturated rings. The SMILES string of the molecule is CCOC(=O)CCCNC(=NC)NCCc1ccc(OC)c(OC)c1.I. The first-order chi connectivity index (χ1) is 12.1. The van der Waals surface area contributed by atoms with E-state index >= 15 is 0 Å². The maximum atomic E-state index is 11.3. The fourth-order valence-corrected chi connectivity index (χ4v) is 2.25. The quantitative estimate of drug-likeness (QED) is 0.176. The van der Waals surface area contributed by atoms with E-state index in [9.17, 15) is 4.79 Å². The molecule has 0 amide bonds. The molecular weight excluding hydrogens is 449 g/mol. The summed E-state index contributed by atoms with van der Waals surface area (Å²) in [5.41, 5.74) is 1.14. The van der Waals surface area contributed by atoms with Crippen molar-refractivity contribution in [1.29, 1.82) is 0 Å². The molecule has 0 aliphatic carbocycles. The summed E-state index contributed by atoms with van der Waals surface area (Å²) in [6, 6.07) is 5.88. The average Bonchev–Trinajstić information content (AvgIpc) is 2.63. The molecule has 0 aromatic heterocycles. The fraction of sp³-hybridized carbons (Fsp3) is 0.556. The number of esters is 1. The molecule has 0 saturated heterocycles. The van der Waals surface area contributed by atoms with Gasteiger partial charge in [-0.05, 0) is 37.5 Å². The highest BCUT2D eigenvalue weighted by Crippen LogP contribution is 2.27. The number of nitrogens with one attached hydrogen (secondary N) is 2. The molecule has 0 spiro atoms. The number of carbonyl (C=O) groups excluding carboxylic acids is 1. The Hall–Kier alpha value is -1.71. The van der Waals surface area contributed by atoms with Gasteiger partial charge < -0.3 is 24.8 Å². The zero-order valence-corrected chi connectivity index (χ0v) is 18.3. The van der Waals surface area contributed by atoms with Crippen molar-refractivity contribution in [3.63, 3.8) is 0 Å². The van der Waals surface area contributed by atoms with Gasteiger partial charge in [0, 0.05) is 26.6 Å². The maximum absolute atomic E-state index is 11.3. The monoisotopic (exact) mass is 479 g/mol. The highest BCUT2D eigenvalue weighted by Gasteiger charge is 2.05. The highest BCUT2D eigenvalue weighted by atomic mass is 127. The summed E-state index contributed by atoms with van der Waals surface area (Å²) in [6.45, 7) is 3.62. The molecule has 0 bridgehead atoms. The van der Waals surface area contributed by atoms with Crippen LogP contribution in [0.25, 0.3) is 0 Å². The first-order valence-corrected chi connectivity index (χ1v) is 8.45. The lowest BCUT2D eigenvalue weighted by atomic mass is 10.1. The van der Waals surface area contributed by atoms with Gasteiger partial charge in [-0.15, -0.1) is 24.0 Å². The lowest BCUT2D eigenvalue weighted by Crippen LogP contribution is -2.38. The van der Waals surface area contributed by atoms with E-state index in [1.807, 2.05) is 18.2 Å². The number of methoxy groups -OCH3 is 2. The summed E-state index contributed by atoms with van der Waals surface area (Å²) in [7, 11) is 4.97. The van der Waals surface area contributed by atoms with Crippen molar-refractivity contribution >= 4 is 35.9 Å². The van der Waals surface area contributed by atoms with Crippen molar-refractivity contribution in [2.24, 2.45) is 4.99 Å². The van der Waals surface area contributed by atoms with Crippen LogP contribution in [-0.2, 0) is 16.0 Å². The van der Waals surface area contributed by atoms with Gasteiger partial charge in [0.2, 0.25) is 0 Å². The number of carbonyl (C=O) groups is 1. The third-order valence-corrected chi connectivity index (χ3v) is 3.53. The van der Waals surface area contributed by atoms with E-state index in [0.717, 1.165) is 30.0 Å². The summed E-state index contributed by atoms with van der Waals surface area (Å²) >= 11 is 0. The van der Waals surface area contributed by atoms with Gasteiger partial charge in [-0.25, -0.2) is 0 Å². The van der Waals surface area contributed by atoms with Crippen LogP contribution in [-0.4, -0.2) is 52.9 Å². The van der Waals surface area contributed by atoms with Crippen LogP contribution >= 0.6 is 24.0 Å². The summed E-state index contributed by atoms with van der Waals surface area (Å²) < 4.78 is 15.4. The molecule has 0 aliphatic heterocycles. The molecule has 0 saturated carbocycles. The first kappa shape index (κ1) is 24.3. The second-order valence-electron chi connectivity index (χ2n) is 5.27. The molecule has 0 radical (unpaired) electrons. The van der Waals surface area contributed by atoms with Crippen molar-refractivity contribution in [1.82, 2.24) is 10.6 Å². The fourth-order valence-electron chi connectivity index (χ4n) is 2.25. The molecule has 26 heavy (non-hydrogen) atoms. The van der Waals surface area contributed by atoms with Gasteiger partial charge in [-0.2, -0.15) is 0 Å². The van der Waals surface area contributed by atoms with Crippen molar-refractivity contribution in [3.8, 4) is 11.5 Å². The van der Waals surface area contributed by atoms with E-state index in [4.69, 9.17) is 14.2 Å². The highest BCUT2D eigenvalue weighted by molar-refractivity contribution is 14.0. The smallest absolute Gasteiger partial charge is 0.305 e. The standard InChI is InChI=1S/C18H29N3O4.HI/c1-5-25-17(22)7-6-11-20-18(19-2)21-12-10-14-8-9-15(23-3)16(13-14)24-4;/h8-9,13H,5-7,10-12H2,1-4H3,(H2,19,20,21);1H. The van der Waals surface area contributed by atoms with Gasteiger partial charge in [0.05, 0.1) is 20.8 Å². The van der Waals surface area contributed by atoms with Crippen LogP contribution in [0, 0.1) is 0 Å². The van der Waals surface area contributed by atoms with E-state index in [1.165, 1.54) is 0 Å². The number of benzene rings is 1. The Morgan fingerprint density at radius 2 is 1.81 bits per heavy atom. The van der Waals surface area contributed by atoms with Gasteiger partial charge in [-0.1, -0.05) is 6.07 Å². The number of guanidine groups is 1. The maximum Gasteiger partial charge on any atom is 0.305 e. The lowest BCUT2D eigenvalue weighted by Gasteiger charge is -2.13. The van der Waals surface area contributed by atoms with Crippen LogP contribution in [0.2, 0.25) is 0 Å². The van der Waals surface area contributed by atoms with Crippen molar-refractivity contribution in [3.05, 3.63) is 23.8 Å². The minimum atomic E-state index is -0.166. The molecule has 7 nitrogen and oxygen atoms in total. The summed E-state index contributed by atoms with van der Waals surface area (Å²) in [5.74, 6) is 1.99. The molecule has 0 aliphatic rings. The number of nitrogens with zero attached hydrogens (tertiary/aromatic N) is 1. The minimum Gasteiger partial charge on any atom is -0.493 e.